The second-order valence-corrected chi connectivity index (χ2v) is 7.82. The van der Waals surface area contributed by atoms with Crippen molar-refractivity contribution in [2.75, 3.05) is 37.6 Å². The van der Waals surface area contributed by atoms with Crippen molar-refractivity contribution < 1.29 is 29.0 Å². The van der Waals surface area contributed by atoms with Gasteiger partial charge in [-0.3, -0.25) is 14.4 Å². The molecule has 3 N–H and O–H groups in total. The van der Waals surface area contributed by atoms with Crippen LogP contribution in [-0.4, -0.2) is 84.7 Å². The molecule has 11 heteroatoms. The molecule has 0 unspecified atom stereocenters. The first kappa shape index (κ1) is 22.8. The van der Waals surface area contributed by atoms with E-state index < -0.39 is 30.1 Å². The molecule has 3 amide bonds. The molecule has 0 aliphatic carbocycles. The van der Waals surface area contributed by atoms with Crippen molar-refractivity contribution in [3.63, 3.8) is 0 Å². The number of para-hydroxylation sites is 1. The Morgan fingerprint density at radius 3 is 2.42 bits per heavy atom. The van der Waals surface area contributed by atoms with E-state index in [2.05, 4.69) is 15.5 Å². The second kappa shape index (κ2) is 9.97. The fraction of sp³-hybridized carbons (Fsp3) is 0.500. The van der Waals surface area contributed by atoms with Crippen molar-refractivity contribution in [1.82, 2.24) is 15.5 Å². The number of hydrogen-bond acceptors (Lipinski definition) is 6. The van der Waals surface area contributed by atoms with Crippen molar-refractivity contribution in [1.29, 1.82) is 0 Å². The average Bonchev–Trinajstić information content (AvgIpc) is 3.54. The molecule has 1 aromatic carbocycles. The number of carbonyl (C=O) groups excluding carboxylic acids is 3. The van der Waals surface area contributed by atoms with Crippen molar-refractivity contribution in [2.24, 2.45) is 0 Å². The van der Waals surface area contributed by atoms with Crippen LogP contribution in [0.25, 0.3) is 0 Å². The molecule has 1 aromatic rings. The number of carbonyl (C=O) groups is 4. The number of nitrogens with zero attached hydrogens (tertiary/aromatic N) is 2. The summed E-state index contributed by atoms with van der Waals surface area (Å²) in [6, 6.07) is 6.73. The Kier molecular flexibility index (Phi) is 7.34. The van der Waals surface area contributed by atoms with E-state index in [4.69, 9.17) is 21.4 Å². The molecule has 2 heterocycles. The third-order valence-electron chi connectivity index (χ3n) is 5.19. The van der Waals surface area contributed by atoms with E-state index in [1.54, 1.807) is 4.90 Å². The third kappa shape index (κ3) is 5.86. The first-order valence-electron chi connectivity index (χ1n) is 9.99. The van der Waals surface area contributed by atoms with E-state index in [9.17, 15) is 19.2 Å². The highest BCUT2D eigenvalue weighted by molar-refractivity contribution is 6.33. The van der Waals surface area contributed by atoms with Gasteiger partial charge in [-0.2, -0.15) is 0 Å². The summed E-state index contributed by atoms with van der Waals surface area (Å²) in [6.45, 7) is 3.58. The molecule has 0 bridgehead atoms. The highest BCUT2D eigenvalue weighted by atomic mass is 35.5. The largest absolute Gasteiger partial charge is 0.479 e. The number of carboxylic acids is 1. The molecule has 31 heavy (non-hydrogen) atoms. The smallest absolute Gasteiger partial charge is 0.336 e. The Balaban J connectivity index is 1.50. The maximum Gasteiger partial charge on any atom is 0.336 e. The number of epoxide rings is 1. The molecule has 0 aromatic heterocycles. The van der Waals surface area contributed by atoms with Crippen LogP contribution in [0, 0.1) is 0 Å². The van der Waals surface area contributed by atoms with Gasteiger partial charge in [0, 0.05) is 39.6 Å². The lowest BCUT2D eigenvalue weighted by Crippen LogP contribution is -2.55. The van der Waals surface area contributed by atoms with Crippen molar-refractivity contribution in [3.05, 3.63) is 29.3 Å². The van der Waals surface area contributed by atoms with Gasteiger partial charge < -0.3 is 30.3 Å². The Morgan fingerprint density at radius 1 is 1.16 bits per heavy atom. The van der Waals surface area contributed by atoms with Crippen LogP contribution in [0.5, 0.6) is 0 Å². The number of anilines is 1. The lowest BCUT2D eigenvalue weighted by atomic mass is 10.1. The van der Waals surface area contributed by atoms with Gasteiger partial charge in [0.1, 0.15) is 6.04 Å². The van der Waals surface area contributed by atoms with Crippen LogP contribution in [0.3, 0.4) is 0 Å². The number of benzene rings is 1. The second-order valence-electron chi connectivity index (χ2n) is 7.41. The Morgan fingerprint density at radius 2 is 1.84 bits per heavy atom. The highest BCUT2D eigenvalue weighted by Crippen LogP contribution is 2.26. The zero-order valence-electron chi connectivity index (χ0n) is 17.0. The van der Waals surface area contributed by atoms with Gasteiger partial charge in [-0.15, -0.1) is 0 Å². The van der Waals surface area contributed by atoms with Crippen LogP contribution in [0.4, 0.5) is 5.69 Å². The zero-order valence-corrected chi connectivity index (χ0v) is 17.8. The molecule has 2 fully saturated rings. The van der Waals surface area contributed by atoms with Crippen molar-refractivity contribution in [2.45, 2.75) is 31.6 Å². The van der Waals surface area contributed by atoms with Crippen LogP contribution in [0.15, 0.2) is 24.3 Å². The molecule has 0 radical (unpaired) electrons. The molecule has 2 saturated heterocycles. The SMILES string of the molecule is CC(=O)N[C@@H](CCNC(=O)[C@H]1O[C@@H]1C(=O)O)C(=O)N1CCN(c2ccccc2Cl)CC1. The number of rotatable bonds is 8. The van der Waals surface area contributed by atoms with Gasteiger partial charge in [0.15, 0.2) is 12.2 Å². The molecule has 3 rings (SSSR count). The summed E-state index contributed by atoms with van der Waals surface area (Å²) in [7, 11) is 0. The standard InChI is InChI=1S/C20H25ClN4O6/c1-12(26)23-14(6-7-22-18(27)16-17(31-16)20(29)30)19(28)25-10-8-24(9-11-25)15-5-3-2-4-13(15)21/h2-5,14,16-17H,6-11H2,1H3,(H,22,27)(H,23,26)(H,29,30)/t14-,16-,17-/m0/s1. The quantitative estimate of drug-likeness (QED) is 0.467. The zero-order chi connectivity index (χ0) is 22.5. The van der Waals surface area contributed by atoms with Gasteiger partial charge in [0.2, 0.25) is 11.8 Å². The highest BCUT2D eigenvalue weighted by Gasteiger charge is 2.50. The molecular weight excluding hydrogens is 428 g/mol. The van der Waals surface area contributed by atoms with E-state index >= 15 is 0 Å². The van der Waals surface area contributed by atoms with E-state index in [1.165, 1.54) is 6.92 Å². The maximum atomic E-state index is 13.0. The van der Waals surface area contributed by atoms with Gasteiger partial charge in [0.05, 0.1) is 10.7 Å². The molecule has 0 spiro atoms. The average molecular weight is 453 g/mol. The van der Waals surface area contributed by atoms with Crippen LogP contribution in [0.2, 0.25) is 5.02 Å². The van der Waals surface area contributed by atoms with Crippen LogP contribution in [0.1, 0.15) is 13.3 Å². The summed E-state index contributed by atoms with van der Waals surface area (Å²) in [5.41, 5.74) is 0.916. The van der Waals surface area contributed by atoms with Gasteiger partial charge in [-0.05, 0) is 18.6 Å². The minimum atomic E-state index is -1.19. The van der Waals surface area contributed by atoms with Gasteiger partial charge >= 0.3 is 5.97 Å². The topological polar surface area (TPSA) is 132 Å². The van der Waals surface area contributed by atoms with Crippen molar-refractivity contribution >= 4 is 41.0 Å². The summed E-state index contributed by atoms with van der Waals surface area (Å²) in [6.07, 6.45) is -1.95. The van der Waals surface area contributed by atoms with E-state index in [1.807, 2.05) is 24.3 Å². The summed E-state index contributed by atoms with van der Waals surface area (Å²) in [4.78, 5) is 51.0. The third-order valence-corrected chi connectivity index (χ3v) is 5.51. The Labute approximate surface area is 184 Å². The molecule has 2 aliphatic rings. The van der Waals surface area contributed by atoms with Gasteiger partial charge in [-0.25, -0.2) is 4.79 Å². The maximum absolute atomic E-state index is 13.0. The number of carboxylic acid groups (broad SMARTS) is 1. The summed E-state index contributed by atoms with van der Waals surface area (Å²) < 4.78 is 4.79. The van der Waals surface area contributed by atoms with Crippen LogP contribution < -0.4 is 15.5 Å². The molecule has 0 saturated carbocycles. The number of nitrogens with one attached hydrogen (secondary N) is 2. The van der Waals surface area contributed by atoms with Crippen LogP contribution in [-0.2, 0) is 23.9 Å². The summed E-state index contributed by atoms with van der Waals surface area (Å²) in [5, 5.41) is 14.6. The minimum absolute atomic E-state index is 0.0985. The summed E-state index contributed by atoms with van der Waals surface area (Å²) in [5.74, 6) is -2.32. The number of halogens is 1. The fourth-order valence-electron chi connectivity index (χ4n) is 3.54. The number of hydrogen-bond donors (Lipinski definition) is 3. The predicted molar refractivity (Wildman–Crippen MR) is 112 cm³/mol. The Hall–Kier alpha value is -2.85. The predicted octanol–water partition coefficient (Wildman–Crippen LogP) is -0.148. The molecular formula is C20H25ClN4O6. The van der Waals surface area contributed by atoms with Gasteiger partial charge in [-0.1, -0.05) is 23.7 Å². The lowest BCUT2D eigenvalue weighted by Gasteiger charge is -2.38. The van der Waals surface area contributed by atoms with Crippen molar-refractivity contribution in [3.8, 4) is 0 Å². The monoisotopic (exact) mass is 452 g/mol. The fourth-order valence-corrected chi connectivity index (χ4v) is 3.79. The Bertz CT molecular complexity index is 858. The number of ether oxygens (including phenoxy) is 1. The summed E-state index contributed by atoms with van der Waals surface area (Å²) >= 11 is 6.25. The number of aliphatic carboxylic acids is 1. The molecule has 10 nitrogen and oxygen atoms in total. The molecule has 2 aliphatic heterocycles. The van der Waals surface area contributed by atoms with Crippen LogP contribution >= 0.6 is 11.6 Å². The normalized spacial score (nSPS) is 21.2. The van der Waals surface area contributed by atoms with Gasteiger partial charge in [0.25, 0.3) is 5.91 Å². The lowest BCUT2D eigenvalue weighted by molar-refractivity contribution is -0.138. The molecule has 168 valence electrons. The number of piperazine rings is 1. The first-order chi connectivity index (χ1) is 14.8. The number of amides is 3. The van der Waals surface area contributed by atoms with E-state index in [-0.39, 0.29) is 24.8 Å². The first-order valence-corrected chi connectivity index (χ1v) is 10.4. The van der Waals surface area contributed by atoms with E-state index in [0.29, 0.717) is 31.2 Å². The minimum Gasteiger partial charge on any atom is -0.479 e. The van der Waals surface area contributed by atoms with E-state index in [0.717, 1.165) is 5.69 Å². The molecule has 3 atom stereocenters.